The van der Waals surface area contributed by atoms with Gasteiger partial charge in [-0.2, -0.15) is 0 Å². The van der Waals surface area contributed by atoms with Gasteiger partial charge in [0.25, 0.3) is 11.8 Å². The molecule has 10 heteroatoms. The third-order valence-electron chi connectivity index (χ3n) is 4.79. The van der Waals surface area contributed by atoms with E-state index >= 15 is 0 Å². The van der Waals surface area contributed by atoms with Crippen molar-refractivity contribution in [3.63, 3.8) is 0 Å². The molecule has 1 fully saturated rings. The number of nitrogens with zero attached hydrogens (tertiary/aromatic N) is 1. The third kappa shape index (κ3) is 5.76. The quantitative estimate of drug-likeness (QED) is 0.614. The van der Waals surface area contributed by atoms with Crippen LogP contribution in [0.5, 0.6) is 5.75 Å². The summed E-state index contributed by atoms with van der Waals surface area (Å²) in [6.07, 6.45) is -0.128. The van der Waals surface area contributed by atoms with E-state index in [0.29, 0.717) is 22.0 Å². The first-order valence-corrected chi connectivity index (χ1v) is 10.1. The average Bonchev–Trinajstić information content (AvgIpc) is 3.13. The van der Waals surface area contributed by atoms with Crippen molar-refractivity contribution in [2.45, 2.75) is 13.3 Å². The molecular formula is C22H22ClN3O6. The monoisotopic (exact) mass is 459 g/mol. The molecule has 2 aromatic rings. The molecule has 0 aliphatic carbocycles. The summed E-state index contributed by atoms with van der Waals surface area (Å²) in [6, 6.07) is 11.6. The van der Waals surface area contributed by atoms with Crippen LogP contribution in [-0.4, -0.2) is 49.0 Å². The van der Waals surface area contributed by atoms with Gasteiger partial charge in [-0.15, -0.1) is 0 Å². The molecule has 32 heavy (non-hydrogen) atoms. The van der Waals surface area contributed by atoms with Crippen LogP contribution in [0.2, 0.25) is 5.02 Å². The summed E-state index contributed by atoms with van der Waals surface area (Å²) in [5.41, 5.74) is 4.22. The van der Waals surface area contributed by atoms with Crippen LogP contribution in [0.15, 0.2) is 42.5 Å². The number of ether oxygens (including phenoxy) is 2. The molecule has 2 N–H and O–H groups in total. The van der Waals surface area contributed by atoms with Crippen LogP contribution in [0.1, 0.15) is 22.3 Å². The molecule has 168 valence electrons. The number of methoxy groups -OCH3 is 1. The van der Waals surface area contributed by atoms with Crippen molar-refractivity contribution in [2.24, 2.45) is 5.92 Å². The summed E-state index contributed by atoms with van der Waals surface area (Å²) in [6.45, 7) is 1.31. The van der Waals surface area contributed by atoms with Gasteiger partial charge in [0.1, 0.15) is 5.75 Å². The van der Waals surface area contributed by atoms with Gasteiger partial charge in [0, 0.05) is 17.0 Å². The summed E-state index contributed by atoms with van der Waals surface area (Å²) >= 11 is 5.92. The number of hydrazine groups is 1. The van der Waals surface area contributed by atoms with E-state index in [4.69, 9.17) is 21.1 Å². The lowest BCUT2D eigenvalue weighted by Crippen LogP contribution is -2.43. The Morgan fingerprint density at radius 3 is 2.56 bits per heavy atom. The molecule has 1 atom stereocenters. The fourth-order valence-corrected chi connectivity index (χ4v) is 3.26. The predicted octanol–water partition coefficient (Wildman–Crippen LogP) is 2.33. The first-order chi connectivity index (χ1) is 15.3. The number of rotatable bonds is 7. The van der Waals surface area contributed by atoms with E-state index in [1.807, 2.05) is 6.92 Å². The number of anilines is 1. The van der Waals surface area contributed by atoms with Crippen molar-refractivity contribution >= 4 is 41.0 Å². The Bertz CT molecular complexity index is 1040. The lowest BCUT2D eigenvalue weighted by atomic mass is 10.1. The van der Waals surface area contributed by atoms with Crippen LogP contribution in [0.25, 0.3) is 0 Å². The summed E-state index contributed by atoms with van der Waals surface area (Å²) in [5.74, 6) is -2.57. The highest BCUT2D eigenvalue weighted by Gasteiger charge is 2.36. The Balaban J connectivity index is 1.50. The van der Waals surface area contributed by atoms with Gasteiger partial charge >= 0.3 is 5.97 Å². The molecule has 2 aromatic carbocycles. The van der Waals surface area contributed by atoms with Crippen LogP contribution < -0.4 is 15.5 Å². The highest BCUT2D eigenvalue weighted by Crippen LogP contribution is 2.27. The minimum absolute atomic E-state index is 0.0427. The van der Waals surface area contributed by atoms with Gasteiger partial charge in [0.2, 0.25) is 5.91 Å². The van der Waals surface area contributed by atoms with Crippen LogP contribution in [0.3, 0.4) is 0 Å². The van der Waals surface area contributed by atoms with E-state index in [1.165, 1.54) is 13.2 Å². The fraction of sp³-hybridized carbons (Fsp3) is 0.273. The zero-order valence-corrected chi connectivity index (χ0v) is 18.3. The minimum atomic E-state index is -0.797. The minimum Gasteiger partial charge on any atom is -0.495 e. The number of esters is 1. The van der Waals surface area contributed by atoms with Crippen molar-refractivity contribution in [3.8, 4) is 5.75 Å². The second-order valence-electron chi connectivity index (χ2n) is 7.21. The summed E-state index contributed by atoms with van der Waals surface area (Å²) < 4.78 is 10.2. The van der Waals surface area contributed by atoms with E-state index in [2.05, 4.69) is 10.7 Å². The van der Waals surface area contributed by atoms with Gasteiger partial charge in [-0.3, -0.25) is 29.6 Å². The molecule has 0 unspecified atom stereocenters. The van der Waals surface area contributed by atoms with Crippen molar-refractivity contribution in [1.82, 2.24) is 10.4 Å². The second kappa shape index (κ2) is 10.1. The number of halogens is 1. The molecule has 1 heterocycles. The SMILES string of the molecule is COc1ccc(Cl)cc1NC(=O)COC(=O)[C@@H]1CC(=O)N(NC(=O)c2ccc(C)cc2)C1. The molecular weight excluding hydrogens is 438 g/mol. The molecule has 0 bridgehead atoms. The maximum absolute atomic E-state index is 12.3. The Hall–Kier alpha value is -3.59. The lowest BCUT2D eigenvalue weighted by molar-refractivity contribution is -0.151. The maximum atomic E-state index is 12.3. The van der Waals surface area contributed by atoms with Crippen LogP contribution in [0, 0.1) is 12.8 Å². The number of nitrogens with one attached hydrogen (secondary N) is 2. The van der Waals surface area contributed by atoms with Crippen molar-refractivity contribution in [1.29, 1.82) is 0 Å². The zero-order valence-electron chi connectivity index (χ0n) is 17.5. The van der Waals surface area contributed by atoms with Gasteiger partial charge in [0.05, 0.1) is 25.3 Å². The molecule has 1 aliphatic heterocycles. The fourth-order valence-electron chi connectivity index (χ4n) is 3.08. The number of amides is 3. The topological polar surface area (TPSA) is 114 Å². The number of carbonyl (C=O) groups is 4. The number of benzene rings is 2. The standard InChI is InChI=1S/C22H22ClN3O6/c1-13-3-5-14(6-4-13)21(29)25-26-11-15(9-20(26)28)22(30)32-12-19(27)24-17-10-16(23)7-8-18(17)31-2/h3-8,10,15H,9,11-12H2,1-2H3,(H,24,27)(H,25,29)/t15-/m1/s1. The smallest absolute Gasteiger partial charge is 0.311 e. The third-order valence-corrected chi connectivity index (χ3v) is 5.02. The molecule has 0 saturated carbocycles. The molecule has 9 nitrogen and oxygen atoms in total. The van der Waals surface area contributed by atoms with Crippen molar-refractivity contribution in [2.75, 3.05) is 25.6 Å². The normalized spacial score (nSPS) is 15.3. The predicted molar refractivity (Wildman–Crippen MR) is 116 cm³/mol. The van der Waals surface area contributed by atoms with Gasteiger partial charge in [0.15, 0.2) is 6.61 Å². The average molecular weight is 460 g/mol. The van der Waals surface area contributed by atoms with Crippen molar-refractivity contribution in [3.05, 3.63) is 58.6 Å². The highest BCUT2D eigenvalue weighted by molar-refractivity contribution is 6.31. The number of hydrogen-bond donors (Lipinski definition) is 2. The van der Waals surface area contributed by atoms with E-state index in [1.54, 1.807) is 36.4 Å². The van der Waals surface area contributed by atoms with Crippen molar-refractivity contribution < 1.29 is 28.7 Å². The molecule has 3 amide bonds. The number of hydrogen-bond acceptors (Lipinski definition) is 6. The molecule has 1 saturated heterocycles. The second-order valence-corrected chi connectivity index (χ2v) is 7.65. The first kappa shape index (κ1) is 23.1. The maximum Gasteiger partial charge on any atom is 0.311 e. The Kier molecular flexibility index (Phi) is 7.32. The molecule has 1 aliphatic rings. The first-order valence-electron chi connectivity index (χ1n) is 9.75. The van der Waals surface area contributed by atoms with E-state index in [-0.39, 0.29) is 13.0 Å². The van der Waals surface area contributed by atoms with Gasteiger partial charge in [-0.1, -0.05) is 29.3 Å². The number of aryl methyl sites for hydroxylation is 1. The van der Waals surface area contributed by atoms with Gasteiger partial charge < -0.3 is 14.8 Å². The Morgan fingerprint density at radius 2 is 1.88 bits per heavy atom. The Labute approximate surface area is 189 Å². The van der Waals surface area contributed by atoms with Gasteiger partial charge in [-0.25, -0.2) is 0 Å². The van der Waals surface area contributed by atoms with Crippen LogP contribution >= 0.6 is 11.6 Å². The zero-order chi connectivity index (χ0) is 23.3. The molecule has 0 spiro atoms. The van der Waals surface area contributed by atoms with E-state index in [0.717, 1.165) is 10.6 Å². The van der Waals surface area contributed by atoms with Gasteiger partial charge in [-0.05, 0) is 37.3 Å². The summed E-state index contributed by atoms with van der Waals surface area (Å²) in [5, 5.41) is 4.04. The number of carbonyl (C=O) groups excluding carboxylic acids is 4. The lowest BCUT2D eigenvalue weighted by Gasteiger charge is -2.17. The largest absolute Gasteiger partial charge is 0.495 e. The van der Waals surface area contributed by atoms with E-state index in [9.17, 15) is 19.2 Å². The molecule has 0 radical (unpaired) electrons. The Morgan fingerprint density at radius 1 is 1.16 bits per heavy atom. The van der Waals surface area contributed by atoms with Crippen LogP contribution in [0.4, 0.5) is 5.69 Å². The van der Waals surface area contributed by atoms with Crippen LogP contribution in [-0.2, 0) is 19.1 Å². The molecule has 0 aromatic heterocycles. The highest BCUT2D eigenvalue weighted by atomic mass is 35.5. The summed E-state index contributed by atoms with van der Waals surface area (Å²) in [4.78, 5) is 49.0. The summed E-state index contributed by atoms with van der Waals surface area (Å²) in [7, 11) is 1.44. The molecule has 3 rings (SSSR count). The van der Waals surface area contributed by atoms with E-state index < -0.39 is 36.2 Å².